The lowest BCUT2D eigenvalue weighted by molar-refractivity contribution is 0.801. The van der Waals surface area contributed by atoms with E-state index in [1.54, 1.807) is 16.2 Å². The molecule has 3 aromatic rings. The van der Waals surface area contributed by atoms with Crippen LogP contribution in [0.15, 0.2) is 59.4 Å². The number of hydrogen-bond acceptors (Lipinski definition) is 2. The van der Waals surface area contributed by atoms with Crippen LogP contribution in [0.5, 0.6) is 0 Å². The monoisotopic (exact) mass is 327 g/mol. The SMILES string of the molecule is Cn1c2c(n(-c3ccccc3)c1=O)=CCC(c1ccccc1C#N)C=2. The number of benzene rings is 2. The summed E-state index contributed by atoms with van der Waals surface area (Å²) in [6, 6.07) is 19.6. The van der Waals surface area contributed by atoms with Gasteiger partial charge in [-0.15, -0.1) is 0 Å². The molecule has 122 valence electrons. The molecule has 1 aliphatic carbocycles. The molecule has 0 bridgehead atoms. The molecule has 0 aliphatic heterocycles. The van der Waals surface area contributed by atoms with Crippen LogP contribution in [0.4, 0.5) is 0 Å². The third-order valence-electron chi connectivity index (χ3n) is 4.76. The Morgan fingerprint density at radius 1 is 1.04 bits per heavy atom. The second-order valence-electron chi connectivity index (χ2n) is 6.20. The molecule has 0 amide bonds. The van der Waals surface area contributed by atoms with Gasteiger partial charge in [-0.1, -0.05) is 48.6 Å². The summed E-state index contributed by atoms with van der Waals surface area (Å²) in [5.41, 5.74) is 2.50. The van der Waals surface area contributed by atoms with Crippen molar-refractivity contribution < 1.29 is 0 Å². The minimum absolute atomic E-state index is 0.0575. The van der Waals surface area contributed by atoms with Crippen LogP contribution >= 0.6 is 0 Å². The summed E-state index contributed by atoms with van der Waals surface area (Å²) in [6.45, 7) is 0. The molecule has 0 fully saturated rings. The van der Waals surface area contributed by atoms with Crippen molar-refractivity contribution in [2.75, 3.05) is 0 Å². The molecule has 1 unspecified atom stereocenters. The average molecular weight is 327 g/mol. The van der Waals surface area contributed by atoms with Gasteiger partial charge in [0.2, 0.25) is 0 Å². The molecule has 0 N–H and O–H groups in total. The average Bonchev–Trinajstić information content (AvgIpc) is 2.92. The van der Waals surface area contributed by atoms with E-state index in [2.05, 4.69) is 18.2 Å². The minimum Gasteiger partial charge on any atom is -0.295 e. The van der Waals surface area contributed by atoms with E-state index in [1.807, 2.05) is 54.6 Å². The van der Waals surface area contributed by atoms with Crippen molar-refractivity contribution in [2.24, 2.45) is 7.05 Å². The second-order valence-corrected chi connectivity index (χ2v) is 6.20. The Hall–Kier alpha value is -3.32. The maximum atomic E-state index is 12.8. The third kappa shape index (κ3) is 2.41. The minimum atomic E-state index is -0.0575. The zero-order chi connectivity index (χ0) is 17.4. The van der Waals surface area contributed by atoms with Crippen LogP contribution in [-0.2, 0) is 7.05 Å². The standard InChI is InChI=1S/C21H17N3O/c1-23-20-13-15(18-10-6-5-7-16(18)14-22)11-12-19(20)24(21(23)25)17-8-3-2-4-9-17/h2-10,12-13,15H,11H2,1H3. The van der Waals surface area contributed by atoms with Gasteiger partial charge >= 0.3 is 5.69 Å². The quantitative estimate of drug-likeness (QED) is 0.721. The number of para-hydroxylation sites is 1. The van der Waals surface area contributed by atoms with Gasteiger partial charge in [-0.05, 0) is 30.2 Å². The first-order valence-corrected chi connectivity index (χ1v) is 8.25. The molecular weight excluding hydrogens is 310 g/mol. The van der Waals surface area contributed by atoms with Crippen LogP contribution in [0, 0.1) is 11.3 Å². The van der Waals surface area contributed by atoms with Crippen LogP contribution in [-0.4, -0.2) is 9.13 Å². The third-order valence-corrected chi connectivity index (χ3v) is 4.76. The Morgan fingerprint density at radius 2 is 1.76 bits per heavy atom. The van der Waals surface area contributed by atoms with Crippen LogP contribution in [0.1, 0.15) is 23.5 Å². The smallest absolute Gasteiger partial charge is 0.295 e. The van der Waals surface area contributed by atoms with Gasteiger partial charge in [-0.3, -0.25) is 9.13 Å². The van der Waals surface area contributed by atoms with Crippen molar-refractivity contribution >= 4 is 12.2 Å². The lowest BCUT2D eigenvalue weighted by Gasteiger charge is -2.15. The molecule has 25 heavy (non-hydrogen) atoms. The zero-order valence-electron chi connectivity index (χ0n) is 13.9. The van der Waals surface area contributed by atoms with Crippen molar-refractivity contribution in [3.05, 3.63) is 86.9 Å². The van der Waals surface area contributed by atoms with E-state index in [1.165, 1.54) is 0 Å². The molecule has 4 heteroatoms. The summed E-state index contributed by atoms with van der Waals surface area (Å²) in [5, 5.41) is 11.2. The first-order chi connectivity index (χ1) is 12.2. The van der Waals surface area contributed by atoms with Gasteiger partial charge in [0.15, 0.2) is 0 Å². The molecule has 1 heterocycles. The Kier molecular flexibility index (Phi) is 3.62. The first kappa shape index (κ1) is 15.2. The molecular formula is C21H17N3O. The zero-order valence-corrected chi connectivity index (χ0v) is 13.9. The molecule has 4 nitrogen and oxygen atoms in total. The lowest BCUT2D eigenvalue weighted by Crippen LogP contribution is -2.35. The van der Waals surface area contributed by atoms with Crippen molar-refractivity contribution in [1.82, 2.24) is 9.13 Å². The van der Waals surface area contributed by atoms with Gasteiger partial charge in [0.05, 0.1) is 28.0 Å². The number of nitrogens with zero attached hydrogens (tertiary/aromatic N) is 3. The molecule has 1 aromatic heterocycles. The van der Waals surface area contributed by atoms with Crippen molar-refractivity contribution in [3.8, 4) is 11.8 Å². The summed E-state index contributed by atoms with van der Waals surface area (Å²) >= 11 is 0. The maximum Gasteiger partial charge on any atom is 0.333 e. The number of hydrogen-bond donors (Lipinski definition) is 0. The highest BCUT2D eigenvalue weighted by Gasteiger charge is 2.18. The molecule has 0 radical (unpaired) electrons. The van der Waals surface area contributed by atoms with Crippen molar-refractivity contribution in [3.63, 3.8) is 0 Å². The Bertz CT molecular complexity index is 1160. The summed E-state index contributed by atoms with van der Waals surface area (Å²) in [6.07, 6.45) is 4.97. The molecule has 0 saturated heterocycles. The maximum absolute atomic E-state index is 12.8. The fraction of sp³-hybridized carbons (Fsp3) is 0.143. The van der Waals surface area contributed by atoms with Crippen molar-refractivity contribution in [2.45, 2.75) is 12.3 Å². The molecule has 0 saturated carbocycles. The fourth-order valence-electron chi connectivity index (χ4n) is 3.50. The highest BCUT2D eigenvalue weighted by Crippen LogP contribution is 2.26. The summed E-state index contributed by atoms with van der Waals surface area (Å²) in [4.78, 5) is 12.8. The van der Waals surface area contributed by atoms with Gasteiger partial charge in [0.25, 0.3) is 0 Å². The molecule has 4 rings (SSSR count). The molecule has 1 atom stereocenters. The van der Waals surface area contributed by atoms with Crippen LogP contribution in [0.2, 0.25) is 0 Å². The Morgan fingerprint density at radius 3 is 2.52 bits per heavy atom. The van der Waals surface area contributed by atoms with E-state index in [9.17, 15) is 10.1 Å². The summed E-state index contributed by atoms with van der Waals surface area (Å²) in [5.74, 6) is 0.0978. The summed E-state index contributed by atoms with van der Waals surface area (Å²) < 4.78 is 3.43. The van der Waals surface area contributed by atoms with E-state index < -0.39 is 0 Å². The van der Waals surface area contributed by atoms with E-state index in [0.29, 0.717) is 5.56 Å². The van der Waals surface area contributed by atoms with E-state index >= 15 is 0 Å². The van der Waals surface area contributed by atoms with Gasteiger partial charge in [0, 0.05) is 13.0 Å². The van der Waals surface area contributed by atoms with E-state index in [-0.39, 0.29) is 11.6 Å². The first-order valence-electron chi connectivity index (χ1n) is 8.25. The van der Waals surface area contributed by atoms with Gasteiger partial charge < -0.3 is 0 Å². The Labute approximate surface area is 145 Å². The largest absolute Gasteiger partial charge is 0.333 e. The van der Waals surface area contributed by atoms with E-state index in [0.717, 1.165) is 28.4 Å². The summed E-state index contributed by atoms with van der Waals surface area (Å²) in [7, 11) is 1.80. The predicted octanol–water partition coefficient (Wildman–Crippen LogP) is 1.80. The normalized spacial score (nSPS) is 15.6. The Balaban J connectivity index is 1.93. The highest BCUT2D eigenvalue weighted by molar-refractivity contribution is 5.52. The van der Waals surface area contributed by atoms with Crippen LogP contribution in [0.25, 0.3) is 17.8 Å². The second kappa shape index (κ2) is 5.95. The number of fused-ring (bicyclic) bond motifs is 1. The van der Waals surface area contributed by atoms with Crippen LogP contribution in [0.3, 0.4) is 0 Å². The molecule has 1 aliphatic rings. The van der Waals surface area contributed by atoms with Gasteiger partial charge in [0.1, 0.15) is 0 Å². The highest BCUT2D eigenvalue weighted by atomic mass is 16.1. The topological polar surface area (TPSA) is 50.7 Å². The lowest BCUT2D eigenvalue weighted by atomic mass is 9.89. The van der Waals surface area contributed by atoms with Gasteiger partial charge in [-0.2, -0.15) is 5.26 Å². The number of imidazole rings is 1. The molecule has 0 spiro atoms. The molecule has 2 aromatic carbocycles. The van der Waals surface area contributed by atoms with Crippen LogP contribution < -0.4 is 16.4 Å². The predicted molar refractivity (Wildman–Crippen MR) is 97.7 cm³/mol. The van der Waals surface area contributed by atoms with Crippen molar-refractivity contribution in [1.29, 1.82) is 5.26 Å². The number of rotatable bonds is 2. The number of aromatic nitrogens is 2. The number of nitriles is 1. The van der Waals surface area contributed by atoms with Gasteiger partial charge in [-0.25, -0.2) is 4.79 Å². The fourth-order valence-corrected chi connectivity index (χ4v) is 3.50. The van der Waals surface area contributed by atoms with E-state index in [4.69, 9.17) is 0 Å².